The molecule has 0 heterocycles. The zero-order valence-corrected chi connectivity index (χ0v) is 13.0. The van der Waals surface area contributed by atoms with Gasteiger partial charge in [-0.15, -0.1) is 0 Å². The molecule has 0 saturated heterocycles. The first-order chi connectivity index (χ1) is 9.25. The maximum absolute atomic E-state index is 8.74. The minimum absolute atomic E-state index is 0.119. The van der Waals surface area contributed by atoms with Crippen molar-refractivity contribution in [2.45, 2.75) is 13.8 Å². The van der Waals surface area contributed by atoms with Gasteiger partial charge < -0.3 is 22.9 Å². The lowest BCUT2D eigenvalue weighted by Crippen LogP contribution is -2.23. The fourth-order valence-corrected chi connectivity index (χ4v) is 0.452. The Hall–Kier alpha value is -2.11. The molecule has 0 radical (unpaired) electrons. The van der Waals surface area contributed by atoms with Crippen molar-refractivity contribution in [2.75, 3.05) is 13.1 Å². The van der Waals surface area contributed by atoms with Crippen molar-refractivity contribution in [3.8, 4) is 0 Å². The van der Waals surface area contributed by atoms with Crippen LogP contribution in [0.1, 0.15) is 13.8 Å². The number of guanidine groups is 2. The van der Waals surface area contributed by atoms with Crippen LogP contribution in [0.5, 0.6) is 0 Å². The number of nitrogens with two attached hydrogens (primary N) is 4. The van der Waals surface area contributed by atoms with Gasteiger partial charge >= 0.3 is 10.4 Å². The van der Waals surface area contributed by atoms with Crippen LogP contribution in [0.15, 0.2) is 34.3 Å². The molecule has 0 aliphatic heterocycles. The van der Waals surface area contributed by atoms with Gasteiger partial charge in [-0.05, 0) is 13.8 Å². The molecule has 0 aromatic heterocycles. The Morgan fingerprint density at radius 3 is 1.14 bits per heavy atom. The zero-order valence-electron chi connectivity index (χ0n) is 12.2. The Morgan fingerprint density at radius 1 is 0.905 bits per heavy atom. The highest BCUT2D eigenvalue weighted by Gasteiger charge is 1.84. The van der Waals surface area contributed by atoms with Gasteiger partial charge in [-0.2, -0.15) is 8.42 Å². The van der Waals surface area contributed by atoms with E-state index in [4.69, 9.17) is 40.5 Å². The van der Waals surface area contributed by atoms with Gasteiger partial charge in [-0.1, -0.05) is 24.3 Å². The first-order valence-corrected chi connectivity index (χ1v) is 6.74. The van der Waals surface area contributed by atoms with E-state index in [1.54, 1.807) is 0 Å². The Morgan fingerprint density at radius 2 is 1.10 bits per heavy atom. The number of rotatable bonds is 4. The molecule has 0 atom stereocenters. The van der Waals surface area contributed by atoms with Crippen LogP contribution in [0.4, 0.5) is 0 Å². The predicted molar refractivity (Wildman–Crippen MR) is 85.2 cm³/mol. The molecule has 0 unspecified atom stereocenters. The van der Waals surface area contributed by atoms with E-state index in [-0.39, 0.29) is 11.9 Å². The van der Waals surface area contributed by atoms with Crippen LogP contribution < -0.4 is 22.9 Å². The Labute approximate surface area is 124 Å². The van der Waals surface area contributed by atoms with Crippen molar-refractivity contribution in [3.05, 3.63) is 24.3 Å². The van der Waals surface area contributed by atoms with Crippen LogP contribution in [0.3, 0.4) is 0 Å². The van der Waals surface area contributed by atoms with Crippen LogP contribution in [-0.4, -0.2) is 42.5 Å². The van der Waals surface area contributed by atoms with Crippen molar-refractivity contribution in [1.29, 1.82) is 0 Å². The summed E-state index contributed by atoms with van der Waals surface area (Å²) < 4.78 is 31.6. The zero-order chi connectivity index (χ0) is 17.6. The number of hydrogen-bond donors (Lipinski definition) is 6. The van der Waals surface area contributed by atoms with E-state index in [9.17, 15) is 0 Å². The molecule has 0 aromatic rings. The van der Waals surface area contributed by atoms with E-state index in [1.165, 1.54) is 0 Å². The molecular weight excluding hydrogens is 300 g/mol. The maximum atomic E-state index is 8.74. The van der Waals surface area contributed by atoms with Crippen molar-refractivity contribution in [2.24, 2.45) is 32.9 Å². The Balaban J connectivity index is -0.000000239. The molecule has 0 aromatic carbocycles. The lowest BCUT2D eigenvalue weighted by molar-refractivity contribution is 0.381. The molecule has 0 saturated carbocycles. The molecule has 0 aliphatic carbocycles. The van der Waals surface area contributed by atoms with Crippen LogP contribution in [-0.2, 0) is 10.4 Å². The second-order valence-corrected chi connectivity index (χ2v) is 4.74. The van der Waals surface area contributed by atoms with Gasteiger partial charge in [-0.25, -0.2) is 9.98 Å². The molecule has 0 bridgehead atoms. The Kier molecular flexibility index (Phi) is 14.7. The summed E-state index contributed by atoms with van der Waals surface area (Å²) in [5.74, 6) is 0.237. The molecule has 0 rings (SSSR count). The lowest BCUT2D eigenvalue weighted by atomic mass is 10.4. The summed E-state index contributed by atoms with van der Waals surface area (Å²) in [6.45, 7) is 12.0. The Bertz CT molecular complexity index is 438. The van der Waals surface area contributed by atoms with Crippen LogP contribution in [0.2, 0.25) is 0 Å². The third-order valence-electron chi connectivity index (χ3n) is 1.06. The normalized spacial score (nSPS) is 8.95. The van der Waals surface area contributed by atoms with Gasteiger partial charge in [0.2, 0.25) is 0 Å². The monoisotopic (exact) mass is 324 g/mol. The lowest BCUT2D eigenvalue weighted by Gasteiger charge is -1.90. The van der Waals surface area contributed by atoms with E-state index in [1.807, 2.05) is 13.8 Å². The topological polar surface area (TPSA) is 203 Å². The highest BCUT2D eigenvalue weighted by Crippen LogP contribution is 1.84. The number of aliphatic imine (C=N–C) groups is 2. The van der Waals surface area contributed by atoms with E-state index in [0.29, 0.717) is 13.1 Å². The van der Waals surface area contributed by atoms with Crippen molar-refractivity contribution >= 4 is 22.3 Å². The molecular formula is C10H24N6O4S. The summed E-state index contributed by atoms with van der Waals surface area (Å²) in [5.41, 5.74) is 22.0. The summed E-state index contributed by atoms with van der Waals surface area (Å²) in [5, 5.41) is 0. The number of nitrogens with zero attached hydrogens (tertiary/aromatic N) is 2. The first kappa shape index (κ1) is 23.9. The summed E-state index contributed by atoms with van der Waals surface area (Å²) in [6.07, 6.45) is 0. The van der Waals surface area contributed by atoms with Gasteiger partial charge in [0.05, 0.1) is 13.1 Å². The van der Waals surface area contributed by atoms with E-state index in [2.05, 4.69) is 23.1 Å². The molecule has 21 heavy (non-hydrogen) atoms. The molecule has 0 amide bonds. The van der Waals surface area contributed by atoms with Gasteiger partial charge in [-0.3, -0.25) is 9.11 Å². The molecule has 0 fully saturated rings. The second kappa shape index (κ2) is 12.9. The second-order valence-electron chi connectivity index (χ2n) is 3.84. The van der Waals surface area contributed by atoms with Gasteiger partial charge in [0.15, 0.2) is 11.9 Å². The van der Waals surface area contributed by atoms with Crippen molar-refractivity contribution < 1.29 is 17.5 Å². The molecule has 124 valence electrons. The fraction of sp³-hybridized carbons (Fsp3) is 0.400. The first-order valence-electron chi connectivity index (χ1n) is 5.35. The maximum Gasteiger partial charge on any atom is 0.394 e. The highest BCUT2D eigenvalue weighted by atomic mass is 32.3. The summed E-state index contributed by atoms with van der Waals surface area (Å²) in [4.78, 5) is 7.39. The molecule has 0 spiro atoms. The molecule has 10 N–H and O–H groups in total. The average Bonchev–Trinajstić information content (AvgIpc) is 2.22. The highest BCUT2D eigenvalue weighted by molar-refractivity contribution is 7.79. The SMILES string of the molecule is C=C(C)CN=C(N)N.C=C(C)CN=C(N)N.O=S(=O)(O)O. The van der Waals surface area contributed by atoms with Crippen LogP contribution in [0.25, 0.3) is 0 Å². The van der Waals surface area contributed by atoms with Gasteiger partial charge in [0.25, 0.3) is 0 Å². The van der Waals surface area contributed by atoms with Crippen molar-refractivity contribution in [1.82, 2.24) is 0 Å². The standard InChI is InChI=1S/2C5H11N3.H2O4S/c2*1-4(2)3-8-5(6)7;1-5(2,3)4/h2*1,3H2,2H3,(H4,6,7,8);(H2,1,2,3,4). The summed E-state index contributed by atoms with van der Waals surface area (Å²) in [7, 11) is -4.67. The summed E-state index contributed by atoms with van der Waals surface area (Å²) >= 11 is 0. The number of hydrogen-bond acceptors (Lipinski definition) is 4. The largest absolute Gasteiger partial charge is 0.394 e. The van der Waals surface area contributed by atoms with E-state index >= 15 is 0 Å². The predicted octanol–water partition coefficient (Wildman–Crippen LogP) is -0.981. The summed E-state index contributed by atoms with van der Waals surface area (Å²) in [6, 6.07) is 0. The third kappa shape index (κ3) is 72.6. The quantitative estimate of drug-likeness (QED) is 0.164. The molecule has 11 heteroatoms. The van der Waals surface area contributed by atoms with Crippen LogP contribution in [0, 0.1) is 0 Å². The third-order valence-corrected chi connectivity index (χ3v) is 1.06. The average molecular weight is 324 g/mol. The molecule has 10 nitrogen and oxygen atoms in total. The fourth-order valence-electron chi connectivity index (χ4n) is 0.452. The van der Waals surface area contributed by atoms with Gasteiger partial charge in [0, 0.05) is 0 Å². The van der Waals surface area contributed by atoms with Crippen molar-refractivity contribution in [3.63, 3.8) is 0 Å². The van der Waals surface area contributed by atoms with Gasteiger partial charge in [0.1, 0.15) is 0 Å². The molecule has 0 aliphatic rings. The smallest absolute Gasteiger partial charge is 0.370 e. The minimum atomic E-state index is -4.67. The van der Waals surface area contributed by atoms with E-state index < -0.39 is 10.4 Å². The van der Waals surface area contributed by atoms with Crippen LogP contribution >= 0.6 is 0 Å². The van der Waals surface area contributed by atoms with E-state index in [0.717, 1.165) is 11.1 Å². The minimum Gasteiger partial charge on any atom is -0.370 e.